The Morgan fingerprint density at radius 3 is 3.00 bits per heavy atom. The molecule has 2 amide bonds. The van der Waals surface area contributed by atoms with Gasteiger partial charge in [-0.2, -0.15) is 0 Å². The topological polar surface area (TPSA) is 78.9 Å². The predicted molar refractivity (Wildman–Crippen MR) is 73.1 cm³/mol. The number of hydrogen-bond acceptors (Lipinski definition) is 3. The third kappa shape index (κ3) is 2.67. The lowest BCUT2D eigenvalue weighted by Gasteiger charge is -2.30. The van der Waals surface area contributed by atoms with Crippen LogP contribution in [-0.2, 0) is 0 Å². The number of ether oxygens (including phenoxy) is 1. The van der Waals surface area contributed by atoms with Crippen LogP contribution in [0.15, 0.2) is 18.2 Å². The van der Waals surface area contributed by atoms with Crippen molar-refractivity contribution in [2.45, 2.75) is 6.42 Å². The zero-order valence-corrected chi connectivity index (χ0v) is 10.8. The number of carboxylic acids is 1. The molecule has 1 heterocycles. The van der Waals surface area contributed by atoms with Crippen molar-refractivity contribution in [3.05, 3.63) is 23.8 Å². The summed E-state index contributed by atoms with van der Waals surface area (Å²) in [6, 6.07) is 4.37. The molecule has 0 radical (unpaired) electrons. The normalized spacial score (nSPS) is 12.8. The van der Waals surface area contributed by atoms with Gasteiger partial charge >= 0.3 is 12.0 Å². The molecule has 0 atom stereocenters. The number of anilines is 1. The van der Waals surface area contributed by atoms with E-state index in [0.717, 1.165) is 0 Å². The highest BCUT2D eigenvalue weighted by atomic mass is 16.5. The monoisotopic (exact) mass is 274 g/mol. The van der Waals surface area contributed by atoms with Crippen LogP contribution in [0.2, 0.25) is 0 Å². The number of urea groups is 1. The van der Waals surface area contributed by atoms with Crippen molar-refractivity contribution in [1.29, 1.82) is 0 Å². The lowest BCUT2D eigenvalue weighted by molar-refractivity contribution is 0.0692. The number of rotatable bonds is 3. The predicted octanol–water partition coefficient (Wildman–Crippen LogP) is 1.32. The fourth-order valence-corrected chi connectivity index (χ4v) is 1.96. The maximum atomic E-state index is 12.1. The Morgan fingerprint density at radius 1 is 1.50 bits per heavy atom. The van der Waals surface area contributed by atoms with Crippen LogP contribution in [0.4, 0.5) is 10.5 Å². The van der Waals surface area contributed by atoms with E-state index < -0.39 is 5.97 Å². The minimum Gasteiger partial charge on any atom is -0.489 e. The number of fused-ring (bicyclic) bond motifs is 1. The number of carbonyl (C=O) groups is 2. The van der Waals surface area contributed by atoms with Crippen molar-refractivity contribution in [2.75, 3.05) is 24.6 Å². The fourth-order valence-electron chi connectivity index (χ4n) is 1.96. The fraction of sp³-hybridized carbons (Fsp3) is 0.286. The van der Waals surface area contributed by atoms with E-state index in [1.807, 2.05) is 0 Å². The Labute approximate surface area is 116 Å². The van der Waals surface area contributed by atoms with Crippen LogP contribution in [0, 0.1) is 12.3 Å². The van der Waals surface area contributed by atoms with Crippen molar-refractivity contribution in [3.63, 3.8) is 0 Å². The first-order valence-electron chi connectivity index (χ1n) is 6.13. The largest absolute Gasteiger partial charge is 0.489 e. The van der Waals surface area contributed by atoms with Crippen LogP contribution in [0.3, 0.4) is 0 Å². The molecule has 2 rings (SSSR count). The molecule has 0 fully saturated rings. The number of amides is 2. The molecule has 1 aliphatic rings. The van der Waals surface area contributed by atoms with Gasteiger partial charge in [0, 0.05) is 13.0 Å². The van der Waals surface area contributed by atoms with Gasteiger partial charge in [-0.05, 0) is 12.1 Å². The molecule has 0 bridgehead atoms. The van der Waals surface area contributed by atoms with Gasteiger partial charge in [0.1, 0.15) is 12.2 Å². The van der Waals surface area contributed by atoms with E-state index in [1.165, 1.54) is 11.0 Å². The van der Waals surface area contributed by atoms with Crippen molar-refractivity contribution in [2.24, 2.45) is 0 Å². The molecule has 6 heteroatoms. The van der Waals surface area contributed by atoms with Crippen LogP contribution >= 0.6 is 0 Å². The molecule has 1 aliphatic heterocycles. The first-order chi connectivity index (χ1) is 9.65. The highest BCUT2D eigenvalue weighted by Gasteiger charge is 2.27. The van der Waals surface area contributed by atoms with Gasteiger partial charge in [0.15, 0.2) is 5.75 Å². The minimum absolute atomic E-state index is 0.0450. The van der Waals surface area contributed by atoms with E-state index in [4.69, 9.17) is 16.3 Å². The zero-order chi connectivity index (χ0) is 14.5. The van der Waals surface area contributed by atoms with Crippen LogP contribution < -0.4 is 15.0 Å². The van der Waals surface area contributed by atoms with Gasteiger partial charge in [-0.3, -0.25) is 4.90 Å². The third-order valence-electron chi connectivity index (χ3n) is 2.87. The number of carboxylic acid groups (broad SMARTS) is 1. The maximum absolute atomic E-state index is 12.1. The Morgan fingerprint density at radius 2 is 2.30 bits per heavy atom. The number of nitrogens with one attached hydrogen (secondary N) is 1. The molecule has 0 saturated carbocycles. The number of carbonyl (C=O) groups excluding carboxylic acids is 1. The second-order valence-electron chi connectivity index (χ2n) is 4.15. The Balaban J connectivity index is 2.25. The van der Waals surface area contributed by atoms with Gasteiger partial charge in [0.2, 0.25) is 0 Å². The second-order valence-corrected chi connectivity index (χ2v) is 4.15. The van der Waals surface area contributed by atoms with Crippen molar-refractivity contribution < 1.29 is 19.4 Å². The number of benzene rings is 1. The summed E-state index contributed by atoms with van der Waals surface area (Å²) < 4.78 is 5.39. The van der Waals surface area contributed by atoms with Gasteiger partial charge in [-0.25, -0.2) is 9.59 Å². The molecule has 1 aromatic carbocycles. The average Bonchev–Trinajstić information content (AvgIpc) is 2.46. The number of hydrogen-bond donors (Lipinski definition) is 2. The minimum atomic E-state index is -1.09. The summed E-state index contributed by atoms with van der Waals surface area (Å²) in [5.41, 5.74) is 0.498. The van der Waals surface area contributed by atoms with Crippen LogP contribution in [0.25, 0.3) is 0 Å². The first-order valence-corrected chi connectivity index (χ1v) is 6.13. The van der Waals surface area contributed by atoms with Crippen LogP contribution in [0.5, 0.6) is 5.75 Å². The lowest BCUT2D eigenvalue weighted by Crippen LogP contribution is -2.44. The number of nitrogens with zero attached hydrogens (tertiary/aromatic N) is 1. The Hall–Kier alpha value is -2.68. The maximum Gasteiger partial charge on any atom is 0.339 e. The molecule has 0 aliphatic carbocycles. The molecule has 2 N–H and O–H groups in total. The summed E-state index contributed by atoms with van der Waals surface area (Å²) in [7, 11) is 0. The molecule has 0 saturated heterocycles. The highest BCUT2D eigenvalue weighted by molar-refractivity contribution is 5.99. The van der Waals surface area contributed by atoms with E-state index in [1.54, 1.807) is 12.1 Å². The number of para-hydroxylation sites is 1. The Bertz CT molecular complexity index is 577. The number of aromatic carboxylic acids is 1. The summed E-state index contributed by atoms with van der Waals surface area (Å²) in [6.07, 6.45) is 5.57. The zero-order valence-electron chi connectivity index (χ0n) is 10.8. The highest BCUT2D eigenvalue weighted by Crippen LogP contribution is 2.34. The summed E-state index contributed by atoms with van der Waals surface area (Å²) in [5, 5.41) is 11.8. The van der Waals surface area contributed by atoms with Gasteiger partial charge in [0.25, 0.3) is 0 Å². The quantitative estimate of drug-likeness (QED) is 0.643. The summed E-state index contributed by atoms with van der Waals surface area (Å²) in [4.78, 5) is 24.7. The molecule has 6 nitrogen and oxygen atoms in total. The number of terminal acetylenes is 1. The molecular formula is C14H14N2O4. The van der Waals surface area contributed by atoms with Crippen LogP contribution in [0.1, 0.15) is 16.8 Å². The van der Waals surface area contributed by atoms with E-state index in [2.05, 4.69) is 11.2 Å². The van der Waals surface area contributed by atoms with E-state index in [-0.39, 0.29) is 24.0 Å². The Kier molecular flexibility index (Phi) is 4.11. The van der Waals surface area contributed by atoms with Gasteiger partial charge in [-0.15, -0.1) is 12.3 Å². The van der Waals surface area contributed by atoms with Gasteiger partial charge in [0.05, 0.1) is 12.2 Å². The molecule has 0 unspecified atom stereocenters. The second kappa shape index (κ2) is 5.97. The van der Waals surface area contributed by atoms with Crippen LogP contribution in [-0.4, -0.2) is 36.8 Å². The molecule has 104 valence electrons. The molecule has 0 spiro atoms. The smallest absolute Gasteiger partial charge is 0.339 e. The molecule has 0 aromatic heterocycles. The lowest BCUT2D eigenvalue weighted by atomic mass is 10.1. The molecular weight excluding hydrogens is 260 g/mol. The first kappa shape index (κ1) is 13.7. The van der Waals surface area contributed by atoms with Crippen molar-refractivity contribution in [1.82, 2.24) is 5.32 Å². The summed E-state index contributed by atoms with van der Waals surface area (Å²) in [5.74, 6) is 1.57. The third-order valence-corrected chi connectivity index (χ3v) is 2.87. The van der Waals surface area contributed by atoms with Crippen molar-refractivity contribution >= 4 is 17.7 Å². The summed E-state index contributed by atoms with van der Waals surface area (Å²) in [6.45, 7) is 0.985. The van der Waals surface area contributed by atoms with Crippen molar-refractivity contribution in [3.8, 4) is 18.1 Å². The van der Waals surface area contributed by atoms with E-state index >= 15 is 0 Å². The molecule has 1 aromatic rings. The average molecular weight is 274 g/mol. The van der Waals surface area contributed by atoms with E-state index in [9.17, 15) is 9.59 Å². The van der Waals surface area contributed by atoms with Gasteiger partial charge in [-0.1, -0.05) is 6.07 Å². The standard InChI is InChI=1S/C14H14N2O4/c1-2-3-7-15-14(19)16-8-9-20-12-10(13(17)18)5-4-6-11(12)16/h1,4-6H,3,7-9H2,(H,15,19)(H,17,18). The SMILES string of the molecule is C#CCCNC(=O)N1CCOc2c(C(=O)O)cccc21. The summed E-state index contributed by atoms with van der Waals surface area (Å²) >= 11 is 0. The molecule has 20 heavy (non-hydrogen) atoms. The van der Waals surface area contributed by atoms with Gasteiger partial charge < -0.3 is 15.2 Å². The van der Waals surface area contributed by atoms with E-state index in [0.29, 0.717) is 25.2 Å².